The fourth-order valence-corrected chi connectivity index (χ4v) is 4.33. The highest BCUT2D eigenvalue weighted by atomic mass is 16.5. The second-order valence-electron chi connectivity index (χ2n) is 9.95. The van der Waals surface area contributed by atoms with Gasteiger partial charge in [0.05, 0.1) is 29.4 Å². The molecule has 0 spiro atoms. The van der Waals surface area contributed by atoms with Gasteiger partial charge >= 0.3 is 0 Å². The van der Waals surface area contributed by atoms with Gasteiger partial charge in [-0.25, -0.2) is 9.97 Å². The van der Waals surface area contributed by atoms with E-state index in [0.717, 1.165) is 52.4 Å². The van der Waals surface area contributed by atoms with Gasteiger partial charge in [0.25, 0.3) is 0 Å². The molecular weight excluding hydrogens is 450 g/mol. The molecule has 188 valence electrons. The van der Waals surface area contributed by atoms with Crippen molar-refractivity contribution in [3.05, 3.63) is 54.9 Å². The quantitative estimate of drug-likeness (QED) is 0.314. The Kier molecular flexibility index (Phi) is 6.69. The van der Waals surface area contributed by atoms with E-state index in [-0.39, 0.29) is 0 Å². The minimum Gasteiger partial charge on any atom is -0.491 e. The first-order chi connectivity index (χ1) is 17.4. The molecule has 2 aromatic carbocycles. The first kappa shape index (κ1) is 23.9. The molecule has 8 nitrogen and oxygen atoms in total. The fourth-order valence-electron chi connectivity index (χ4n) is 4.33. The van der Waals surface area contributed by atoms with Gasteiger partial charge in [-0.05, 0) is 51.1 Å². The van der Waals surface area contributed by atoms with Gasteiger partial charge in [0.15, 0.2) is 0 Å². The molecule has 1 saturated carbocycles. The van der Waals surface area contributed by atoms with Crippen LogP contribution in [0.5, 0.6) is 5.75 Å². The number of nitrogen functional groups attached to an aromatic ring is 1. The summed E-state index contributed by atoms with van der Waals surface area (Å²) in [5, 5.41) is 4.54. The molecule has 0 atom stereocenters. The fraction of sp³-hybridized carbons (Fsp3) is 0.357. The van der Waals surface area contributed by atoms with Crippen LogP contribution in [0.25, 0.3) is 22.2 Å². The number of nitrogens with one attached hydrogen (secondary N) is 1. The Balaban J connectivity index is 1.45. The van der Waals surface area contributed by atoms with Crippen LogP contribution < -0.4 is 20.7 Å². The van der Waals surface area contributed by atoms with Gasteiger partial charge in [-0.2, -0.15) is 0 Å². The van der Waals surface area contributed by atoms with Crippen LogP contribution in [0.3, 0.4) is 0 Å². The summed E-state index contributed by atoms with van der Waals surface area (Å²) in [4.78, 5) is 13.7. The lowest BCUT2D eigenvalue weighted by Crippen LogP contribution is -2.29. The van der Waals surface area contributed by atoms with Crippen LogP contribution >= 0.6 is 0 Å². The number of anilines is 4. The van der Waals surface area contributed by atoms with Crippen molar-refractivity contribution in [3.63, 3.8) is 0 Å². The Labute approximate surface area is 212 Å². The average molecular weight is 486 g/mol. The number of nitrogens with two attached hydrogens (primary N) is 1. The van der Waals surface area contributed by atoms with Crippen molar-refractivity contribution in [3.8, 4) is 17.0 Å². The normalized spacial score (nSPS) is 13.4. The van der Waals surface area contributed by atoms with E-state index in [1.165, 1.54) is 12.8 Å². The van der Waals surface area contributed by atoms with E-state index in [1.54, 1.807) is 6.20 Å². The maximum Gasteiger partial charge on any atom is 0.227 e. The minimum atomic E-state index is 0.504. The largest absolute Gasteiger partial charge is 0.491 e. The summed E-state index contributed by atoms with van der Waals surface area (Å²) in [7, 11) is 8.25. The molecule has 0 saturated heterocycles. The van der Waals surface area contributed by atoms with E-state index in [0.29, 0.717) is 24.2 Å². The van der Waals surface area contributed by atoms with Crippen LogP contribution in [0.1, 0.15) is 12.8 Å². The zero-order valence-electron chi connectivity index (χ0n) is 21.5. The summed E-state index contributed by atoms with van der Waals surface area (Å²) in [5.41, 5.74) is 12.0. The second kappa shape index (κ2) is 10.1. The number of nitrogens with zero attached hydrogens (tertiary/aromatic N) is 5. The minimum absolute atomic E-state index is 0.504. The number of ether oxygens (including phenoxy) is 1. The summed E-state index contributed by atoms with van der Waals surface area (Å²) < 4.78 is 8.39. The van der Waals surface area contributed by atoms with Crippen molar-refractivity contribution < 1.29 is 4.74 Å². The van der Waals surface area contributed by atoms with Gasteiger partial charge in [0.2, 0.25) is 5.95 Å². The van der Waals surface area contributed by atoms with Crippen molar-refractivity contribution in [1.29, 1.82) is 0 Å². The molecular formula is C28H35N7O. The van der Waals surface area contributed by atoms with Crippen molar-refractivity contribution in [1.82, 2.24) is 19.4 Å². The van der Waals surface area contributed by atoms with Crippen LogP contribution in [0.2, 0.25) is 0 Å². The number of para-hydroxylation sites is 1. The van der Waals surface area contributed by atoms with E-state index in [2.05, 4.69) is 77.3 Å². The third-order valence-electron chi connectivity index (χ3n) is 6.67. The Morgan fingerprint density at radius 3 is 2.69 bits per heavy atom. The topological polar surface area (TPSA) is 84.5 Å². The number of likely N-dealkylation sites (N-methyl/N-ethyl adjacent to an activating group) is 2. The number of hydrogen-bond acceptors (Lipinski definition) is 7. The lowest BCUT2D eigenvalue weighted by Gasteiger charge is -2.25. The van der Waals surface area contributed by atoms with Crippen molar-refractivity contribution in [2.45, 2.75) is 12.8 Å². The van der Waals surface area contributed by atoms with E-state index in [4.69, 9.17) is 15.5 Å². The molecule has 0 unspecified atom stereocenters. The predicted molar refractivity (Wildman–Crippen MR) is 148 cm³/mol. The highest BCUT2D eigenvalue weighted by Gasteiger charge is 2.23. The Bertz CT molecular complexity index is 1360. The lowest BCUT2D eigenvalue weighted by atomic mass is 10.1. The van der Waals surface area contributed by atoms with Crippen LogP contribution in [-0.4, -0.2) is 60.3 Å². The molecule has 5 rings (SSSR count). The van der Waals surface area contributed by atoms with E-state index in [9.17, 15) is 0 Å². The Morgan fingerprint density at radius 1 is 1.11 bits per heavy atom. The van der Waals surface area contributed by atoms with Gasteiger partial charge in [0.1, 0.15) is 5.75 Å². The standard InChI is InChI=1S/C28H35N7O/c1-33(2)13-14-34(3)26-16-27(36-18-19-9-10-19)24(15-22(26)29)32-28-30-12-11-23(31-28)21-17-35(4)25-8-6-5-7-20(21)25/h5-8,11-12,15-17,19H,9-10,13-14,18,29H2,1-4H3,(H,30,31,32). The third kappa shape index (κ3) is 5.23. The first-order valence-corrected chi connectivity index (χ1v) is 12.5. The maximum absolute atomic E-state index is 6.51. The SMILES string of the molecule is CN(C)CCN(C)c1cc(OCC2CC2)c(Nc2nccc(-c3cn(C)c4ccccc34)n2)cc1N. The Morgan fingerprint density at radius 2 is 1.92 bits per heavy atom. The molecule has 1 aliphatic rings. The monoisotopic (exact) mass is 485 g/mol. The molecule has 0 bridgehead atoms. The summed E-state index contributed by atoms with van der Waals surface area (Å²) >= 11 is 0. The molecule has 1 aliphatic carbocycles. The van der Waals surface area contributed by atoms with Crippen LogP contribution in [0.4, 0.5) is 23.0 Å². The van der Waals surface area contributed by atoms with Crippen LogP contribution in [-0.2, 0) is 7.05 Å². The van der Waals surface area contributed by atoms with Gasteiger partial charge in [0, 0.05) is 62.1 Å². The summed E-state index contributed by atoms with van der Waals surface area (Å²) in [6.07, 6.45) is 6.34. The number of aromatic nitrogens is 3. The number of rotatable bonds is 10. The summed E-state index contributed by atoms with van der Waals surface area (Å²) in [5.74, 6) is 1.91. The second-order valence-corrected chi connectivity index (χ2v) is 9.95. The smallest absolute Gasteiger partial charge is 0.227 e. The van der Waals surface area contributed by atoms with Gasteiger partial charge in [-0.15, -0.1) is 0 Å². The molecule has 8 heteroatoms. The van der Waals surface area contributed by atoms with Crippen molar-refractivity contribution in [2.24, 2.45) is 13.0 Å². The first-order valence-electron chi connectivity index (χ1n) is 12.5. The maximum atomic E-state index is 6.51. The van der Waals surface area contributed by atoms with Gasteiger partial charge < -0.3 is 30.2 Å². The van der Waals surface area contributed by atoms with E-state index < -0.39 is 0 Å². The van der Waals surface area contributed by atoms with E-state index >= 15 is 0 Å². The number of benzene rings is 2. The zero-order chi connectivity index (χ0) is 25.2. The van der Waals surface area contributed by atoms with Crippen LogP contribution in [0, 0.1) is 5.92 Å². The average Bonchev–Trinajstić information content (AvgIpc) is 3.64. The number of hydrogen-bond donors (Lipinski definition) is 2. The van der Waals surface area contributed by atoms with Crippen molar-refractivity contribution in [2.75, 3.05) is 56.8 Å². The number of fused-ring (bicyclic) bond motifs is 1. The summed E-state index contributed by atoms with van der Waals surface area (Å²) in [6, 6.07) is 14.2. The predicted octanol–water partition coefficient (Wildman–Crippen LogP) is 4.75. The molecule has 3 N–H and O–H groups in total. The van der Waals surface area contributed by atoms with Gasteiger partial charge in [-0.3, -0.25) is 0 Å². The highest BCUT2D eigenvalue weighted by Crippen LogP contribution is 2.38. The third-order valence-corrected chi connectivity index (χ3v) is 6.67. The van der Waals surface area contributed by atoms with Crippen molar-refractivity contribution >= 4 is 33.9 Å². The molecule has 0 amide bonds. The summed E-state index contributed by atoms with van der Waals surface area (Å²) in [6.45, 7) is 2.50. The Hall–Kier alpha value is -3.78. The molecule has 36 heavy (non-hydrogen) atoms. The van der Waals surface area contributed by atoms with Crippen LogP contribution in [0.15, 0.2) is 54.9 Å². The highest BCUT2D eigenvalue weighted by molar-refractivity contribution is 5.95. The lowest BCUT2D eigenvalue weighted by molar-refractivity contribution is 0.301. The molecule has 0 aliphatic heterocycles. The number of aryl methyl sites for hydroxylation is 1. The zero-order valence-corrected chi connectivity index (χ0v) is 21.5. The molecule has 2 heterocycles. The van der Waals surface area contributed by atoms with E-state index in [1.807, 2.05) is 24.3 Å². The molecule has 0 radical (unpaired) electrons. The molecule has 4 aromatic rings. The molecule has 1 fully saturated rings. The molecule has 2 aromatic heterocycles. The van der Waals surface area contributed by atoms with Gasteiger partial charge in [-0.1, -0.05) is 18.2 Å².